The van der Waals surface area contributed by atoms with Gasteiger partial charge in [-0.3, -0.25) is 4.98 Å². The molecule has 0 amide bonds. The van der Waals surface area contributed by atoms with Gasteiger partial charge in [-0.2, -0.15) is 0 Å². The van der Waals surface area contributed by atoms with E-state index in [4.69, 9.17) is 5.11 Å². The molecule has 0 radical (unpaired) electrons. The molecule has 0 aliphatic heterocycles. The van der Waals surface area contributed by atoms with Crippen LogP contribution in [0.4, 0.5) is 4.39 Å². The van der Waals surface area contributed by atoms with Gasteiger partial charge in [-0.05, 0) is 25.5 Å². The summed E-state index contributed by atoms with van der Waals surface area (Å²) in [5.74, 6) is -0.340. The summed E-state index contributed by atoms with van der Waals surface area (Å²) in [5, 5.41) is 12.1. The van der Waals surface area contributed by atoms with Crippen LogP contribution < -0.4 is 5.32 Å². The summed E-state index contributed by atoms with van der Waals surface area (Å²) in [6.07, 6.45) is 2.38. The first-order chi connectivity index (χ1) is 6.59. The standard InChI is InChI=1S/C10H15FN2O/c1-7(14)4-13-8(2)9-3-10(11)6-12-5-9/h3,5-8,13-14H,4H2,1-2H3/t7-,8?/m1/s1. The summed E-state index contributed by atoms with van der Waals surface area (Å²) in [6, 6.07) is 1.43. The van der Waals surface area contributed by atoms with E-state index in [0.29, 0.717) is 6.54 Å². The van der Waals surface area contributed by atoms with Crippen LogP contribution in [0, 0.1) is 5.82 Å². The number of aliphatic hydroxyl groups excluding tert-OH is 1. The van der Waals surface area contributed by atoms with E-state index in [-0.39, 0.29) is 11.9 Å². The molecule has 0 aliphatic rings. The van der Waals surface area contributed by atoms with Crippen LogP contribution in [0.2, 0.25) is 0 Å². The van der Waals surface area contributed by atoms with Crippen molar-refractivity contribution in [3.05, 3.63) is 29.8 Å². The van der Waals surface area contributed by atoms with Crippen LogP contribution in [0.1, 0.15) is 25.5 Å². The number of aliphatic hydroxyl groups is 1. The maximum Gasteiger partial charge on any atom is 0.141 e. The monoisotopic (exact) mass is 198 g/mol. The second-order valence-corrected chi connectivity index (χ2v) is 3.42. The summed E-state index contributed by atoms with van der Waals surface area (Å²) in [5.41, 5.74) is 0.783. The third-order valence-corrected chi connectivity index (χ3v) is 1.95. The van der Waals surface area contributed by atoms with E-state index in [9.17, 15) is 4.39 Å². The molecule has 1 rings (SSSR count). The highest BCUT2D eigenvalue weighted by molar-refractivity contribution is 5.14. The van der Waals surface area contributed by atoms with E-state index in [2.05, 4.69) is 10.3 Å². The molecule has 1 heterocycles. The van der Waals surface area contributed by atoms with Crippen molar-refractivity contribution in [3.8, 4) is 0 Å². The van der Waals surface area contributed by atoms with Crippen LogP contribution in [0.25, 0.3) is 0 Å². The zero-order valence-electron chi connectivity index (χ0n) is 8.37. The van der Waals surface area contributed by atoms with E-state index >= 15 is 0 Å². The molecule has 0 saturated heterocycles. The molecule has 0 aromatic carbocycles. The summed E-state index contributed by atoms with van der Waals surface area (Å²) < 4.78 is 12.8. The molecule has 1 aromatic rings. The van der Waals surface area contributed by atoms with Gasteiger partial charge in [0, 0.05) is 18.8 Å². The molecule has 0 spiro atoms. The molecular weight excluding hydrogens is 183 g/mol. The first-order valence-electron chi connectivity index (χ1n) is 4.61. The maximum atomic E-state index is 12.8. The van der Waals surface area contributed by atoms with Crippen molar-refractivity contribution < 1.29 is 9.50 Å². The van der Waals surface area contributed by atoms with Gasteiger partial charge < -0.3 is 10.4 Å². The normalized spacial score (nSPS) is 15.1. The molecule has 0 saturated carbocycles. The van der Waals surface area contributed by atoms with Crippen LogP contribution in [0.3, 0.4) is 0 Å². The molecule has 14 heavy (non-hydrogen) atoms. The van der Waals surface area contributed by atoms with Gasteiger partial charge in [0.15, 0.2) is 0 Å². The fourth-order valence-corrected chi connectivity index (χ4v) is 1.13. The number of nitrogens with one attached hydrogen (secondary N) is 1. The zero-order valence-corrected chi connectivity index (χ0v) is 8.37. The van der Waals surface area contributed by atoms with Gasteiger partial charge in [0.05, 0.1) is 12.3 Å². The van der Waals surface area contributed by atoms with Crippen LogP contribution in [0.15, 0.2) is 18.5 Å². The quantitative estimate of drug-likeness (QED) is 0.765. The number of aromatic nitrogens is 1. The second-order valence-electron chi connectivity index (χ2n) is 3.42. The van der Waals surface area contributed by atoms with Crippen LogP contribution in [0.5, 0.6) is 0 Å². The Labute approximate surface area is 83.0 Å². The average Bonchev–Trinajstić information content (AvgIpc) is 2.14. The number of rotatable bonds is 4. The number of pyridine rings is 1. The Balaban J connectivity index is 2.56. The summed E-state index contributed by atoms with van der Waals surface area (Å²) >= 11 is 0. The molecule has 2 atom stereocenters. The molecule has 1 unspecified atom stereocenters. The minimum atomic E-state index is -0.404. The highest BCUT2D eigenvalue weighted by Crippen LogP contribution is 2.11. The smallest absolute Gasteiger partial charge is 0.141 e. The van der Waals surface area contributed by atoms with Crippen molar-refractivity contribution in [2.75, 3.05) is 6.54 Å². The van der Waals surface area contributed by atoms with E-state index < -0.39 is 6.10 Å². The molecule has 4 heteroatoms. The van der Waals surface area contributed by atoms with E-state index in [1.165, 1.54) is 12.3 Å². The molecular formula is C10H15FN2O. The molecule has 0 fully saturated rings. The van der Waals surface area contributed by atoms with Gasteiger partial charge in [0.25, 0.3) is 0 Å². The largest absolute Gasteiger partial charge is 0.392 e. The van der Waals surface area contributed by atoms with Crippen LogP contribution in [-0.2, 0) is 0 Å². The third-order valence-electron chi connectivity index (χ3n) is 1.95. The number of halogens is 1. The maximum absolute atomic E-state index is 12.8. The Morgan fingerprint density at radius 1 is 1.50 bits per heavy atom. The molecule has 1 aromatic heterocycles. The summed E-state index contributed by atoms with van der Waals surface area (Å²) in [6.45, 7) is 4.08. The van der Waals surface area contributed by atoms with Crippen molar-refractivity contribution in [1.29, 1.82) is 0 Å². The minimum Gasteiger partial charge on any atom is -0.392 e. The fraction of sp³-hybridized carbons (Fsp3) is 0.500. The highest BCUT2D eigenvalue weighted by atomic mass is 19.1. The van der Waals surface area contributed by atoms with Crippen molar-refractivity contribution in [3.63, 3.8) is 0 Å². The number of nitrogens with zero attached hydrogens (tertiary/aromatic N) is 1. The summed E-state index contributed by atoms with van der Waals surface area (Å²) in [7, 11) is 0. The van der Waals surface area contributed by atoms with Crippen LogP contribution >= 0.6 is 0 Å². The van der Waals surface area contributed by atoms with Crippen molar-refractivity contribution in [1.82, 2.24) is 10.3 Å². The van der Waals surface area contributed by atoms with Gasteiger partial charge >= 0.3 is 0 Å². The first kappa shape index (κ1) is 11.1. The Morgan fingerprint density at radius 3 is 2.79 bits per heavy atom. The van der Waals surface area contributed by atoms with E-state index in [0.717, 1.165) is 5.56 Å². The lowest BCUT2D eigenvalue weighted by Gasteiger charge is -2.14. The molecule has 78 valence electrons. The minimum absolute atomic E-state index is 0.00667. The van der Waals surface area contributed by atoms with Crippen molar-refractivity contribution >= 4 is 0 Å². The van der Waals surface area contributed by atoms with Gasteiger partial charge in [0.2, 0.25) is 0 Å². The van der Waals surface area contributed by atoms with E-state index in [1.54, 1.807) is 13.1 Å². The van der Waals surface area contributed by atoms with Gasteiger partial charge in [-0.25, -0.2) is 4.39 Å². The predicted molar refractivity (Wildman–Crippen MR) is 52.3 cm³/mol. The van der Waals surface area contributed by atoms with E-state index in [1.807, 2.05) is 6.92 Å². The van der Waals surface area contributed by atoms with Crippen molar-refractivity contribution in [2.24, 2.45) is 0 Å². The lowest BCUT2D eigenvalue weighted by molar-refractivity contribution is 0.187. The fourth-order valence-electron chi connectivity index (χ4n) is 1.13. The lowest BCUT2D eigenvalue weighted by atomic mass is 10.1. The predicted octanol–water partition coefficient (Wildman–Crippen LogP) is 1.25. The molecule has 3 nitrogen and oxygen atoms in total. The average molecular weight is 198 g/mol. The molecule has 2 N–H and O–H groups in total. The van der Waals surface area contributed by atoms with Gasteiger partial charge in [-0.15, -0.1) is 0 Å². The van der Waals surface area contributed by atoms with Crippen molar-refractivity contribution in [2.45, 2.75) is 26.0 Å². The Bertz CT molecular complexity index is 291. The second kappa shape index (κ2) is 5.02. The first-order valence-corrected chi connectivity index (χ1v) is 4.61. The lowest BCUT2D eigenvalue weighted by Crippen LogP contribution is -2.27. The number of hydrogen-bond donors (Lipinski definition) is 2. The molecule has 0 bridgehead atoms. The summed E-state index contributed by atoms with van der Waals surface area (Å²) in [4.78, 5) is 3.75. The Hall–Kier alpha value is -1.00. The van der Waals surface area contributed by atoms with Gasteiger partial charge in [-0.1, -0.05) is 0 Å². The zero-order chi connectivity index (χ0) is 10.6. The van der Waals surface area contributed by atoms with Crippen LogP contribution in [-0.4, -0.2) is 22.7 Å². The molecule has 0 aliphatic carbocycles. The number of hydrogen-bond acceptors (Lipinski definition) is 3. The SMILES string of the molecule is CC(NC[C@@H](C)O)c1cncc(F)c1. The van der Waals surface area contributed by atoms with Gasteiger partial charge in [0.1, 0.15) is 5.82 Å². The topological polar surface area (TPSA) is 45.1 Å². The third kappa shape index (κ3) is 3.40. The Morgan fingerprint density at radius 2 is 2.21 bits per heavy atom. The Kier molecular flexibility index (Phi) is 3.98. The highest BCUT2D eigenvalue weighted by Gasteiger charge is 2.06.